The first-order valence-electron chi connectivity index (χ1n) is 8.13. The highest BCUT2D eigenvalue weighted by molar-refractivity contribution is 6.30. The number of carbonyl (C=O) groups is 2. The van der Waals surface area contributed by atoms with Gasteiger partial charge in [-0.3, -0.25) is 10.1 Å². The highest BCUT2D eigenvalue weighted by Crippen LogP contribution is 2.23. The van der Waals surface area contributed by atoms with Gasteiger partial charge < -0.3 is 15.2 Å². The smallest absolute Gasteiger partial charge is 0.404 e. The molecule has 0 unspecified atom stereocenters. The number of carboxylic acid groups (broad SMARTS) is 1. The lowest BCUT2D eigenvalue weighted by Crippen LogP contribution is -2.45. The van der Waals surface area contributed by atoms with E-state index < -0.39 is 23.9 Å². The van der Waals surface area contributed by atoms with E-state index in [9.17, 15) is 14.0 Å². The number of carbonyl (C=O) groups excluding carboxylic acids is 1. The van der Waals surface area contributed by atoms with Gasteiger partial charge in [-0.2, -0.15) is 0 Å². The van der Waals surface area contributed by atoms with Crippen LogP contribution in [0.5, 0.6) is 0 Å². The number of nitrogens with zero attached hydrogens (tertiary/aromatic N) is 2. The van der Waals surface area contributed by atoms with Crippen LogP contribution in [-0.4, -0.2) is 45.8 Å². The Balaban J connectivity index is 1.63. The van der Waals surface area contributed by atoms with E-state index in [-0.39, 0.29) is 23.6 Å². The maximum atomic E-state index is 13.6. The summed E-state index contributed by atoms with van der Waals surface area (Å²) in [6, 6.07) is 5.52. The molecule has 2 amide bonds. The first-order chi connectivity index (χ1) is 12.9. The SMILES string of the molecule is O=C(O)N[C@@H]1CC[C@@H](C(=O)Nc2nccc(-c3ccc(Cl)c(F)c3)n2)OC1. The van der Waals surface area contributed by atoms with Crippen LogP contribution in [0.4, 0.5) is 15.1 Å². The first-order valence-corrected chi connectivity index (χ1v) is 8.50. The zero-order chi connectivity index (χ0) is 19.4. The second-order valence-electron chi connectivity index (χ2n) is 5.93. The fourth-order valence-electron chi connectivity index (χ4n) is 2.67. The summed E-state index contributed by atoms with van der Waals surface area (Å²) < 4.78 is 19.0. The zero-order valence-corrected chi connectivity index (χ0v) is 14.7. The number of anilines is 1. The van der Waals surface area contributed by atoms with Gasteiger partial charge in [-0.05, 0) is 31.0 Å². The van der Waals surface area contributed by atoms with Crippen molar-refractivity contribution < 1.29 is 23.8 Å². The van der Waals surface area contributed by atoms with Gasteiger partial charge in [-0.25, -0.2) is 19.2 Å². The molecule has 10 heteroatoms. The highest BCUT2D eigenvalue weighted by atomic mass is 35.5. The van der Waals surface area contributed by atoms with Gasteiger partial charge in [0.2, 0.25) is 5.95 Å². The summed E-state index contributed by atoms with van der Waals surface area (Å²) >= 11 is 5.68. The van der Waals surface area contributed by atoms with Crippen LogP contribution in [-0.2, 0) is 9.53 Å². The van der Waals surface area contributed by atoms with E-state index >= 15 is 0 Å². The van der Waals surface area contributed by atoms with E-state index in [2.05, 4.69) is 20.6 Å². The Hall–Kier alpha value is -2.78. The average molecular weight is 395 g/mol. The summed E-state index contributed by atoms with van der Waals surface area (Å²) in [4.78, 5) is 31.1. The van der Waals surface area contributed by atoms with Crippen molar-refractivity contribution in [2.24, 2.45) is 0 Å². The summed E-state index contributed by atoms with van der Waals surface area (Å²) in [5.74, 6) is -0.941. The number of halogens is 2. The number of rotatable bonds is 4. The molecule has 1 fully saturated rings. The molecule has 1 aliphatic rings. The minimum Gasteiger partial charge on any atom is -0.465 e. The van der Waals surface area contributed by atoms with Crippen LogP contribution in [0.15, 0.2) is 30.5 Å². The van der Waals surface area contributed by atoms with Crippen molar-refractivity contribution in [1.29, 1.82) is 0 Å². The fraction of sp³-hybridized carbons (Fsp3) is 0.294. The van der Waals surface area contributed by atoms with Gasteiger partial charge in [-0.15, -0.1) is 0 Å². The summed E-state index contributed by atoms with van der Waals surface area (Å²) in [7, 11) is 0. The van der Waals surface area contributed by atoms with E-state index in [1.54, 1.807) is 12.1 Å². The molecule has 0 aliphatic carbocycles. The second kappa shape index (κ2) is 8.28. The lowest BCUT2D eigenvalue weighted by Gasteiger charge is -2.27. The van der Waals surface area contributed by atoms with Crippen LogP contribution in [0.2, 0.25) is 5.02 Å². The Labute approximate surface area is 158 Å². The summed E-state index contributed by atoms with van der Waals surface area (Å²) in [6.07, 6.45) is 0.431. The lowest BCUT2D eigenvalue weighted by atomic mass is 10.0. The van der Waals surface area contributed by atoms with Crippen LogP contribution < -0.4 is 10.6 Å². The maximum Gasteiger partial charge on any atom is 0.404 e. The first kappa shape index (κ1) is 19.0. The lowest BCUT2D eigenvalue weighted by molar-refractivity contribution is -0.130. The Morgan fingerprint density at radius 1 is 1.30 bits per heavy atom. The minimum atomic E-state index is -1.13. The fourth-order valence-corrected chi connectivity index (χ4v) is 2.79. The second-order valence-corrected chi connectivity index (χ2v) is 6.34. The van der Waals surface area contributed by atoms with Crippen LogP contribution in [0.3, 0.4) is 0 Å². The number of aromatic nitrogens is 2. The van der Waals surface area contributed by atoms with E-state index in [0.29, 0.717) is 24.1 Å². The normalized spacial score (nSPS) is 19.3. The highest BCUT2D eigenvalue weighted by Gasteiger charge is 2.28. The predicted molar refractivity (Wildman–Crippen MR) is 95.0 cm³/mol. The number of hydrogen-bond acceptors (Lipinski definition) is 5. The molecule has 3 N–H and O–H groups in total. The molecule has 0 bridgehead atoms. The summed E-state index contributed by atoms with van der Waals surface area (Å²) in [5, 5.41) is 13.6. The maximum absolute atomic E-state index is 13.6. The molecular formula is C17H16ClFN4O4. The molecule has 3 rings (SSSR count). The topological polar surface area (TPSA) is 113 Å². The molecule has 142 valence electrons. The molecule has 8 nitrogen and oxygen atoms in total. The van der Waals surface area contributed by atoms with Crippen molar-refractivity contribution >= 4 is 29.5 Å². The molecule has 2 atom stereocenters. The minimum absolute atomic E-state index is 0.00599. The predicted octanol–water partition coefficient (Wildman–Crippen LogP) is 2.69. The van der Waals surface area contributed by atoms with Gasteiger partial charge in [0.15, 0.2) is 0 Å². The Morgan fingerprint density at radius 3 is 2.78 bits per heavy atom. The van der Waals surface area contributed by atoms with Crippen LogP contribution in [0.1, 0.15) is 12.8 Å². The van der Waals surface area contributed by atoms with Crippen LogP contribution >= 0.6 is 11.6 Å². The van der Waals surface area contributed by atoms with Crippen molar-refractivity contribution in [3.05, 3.63) is 41.3 Å². The van der Waals surface area contributed by atoms with Crippen LogP contribution in [0.25, 0.3) is 11.3 Å². The molecule has 2 aromatic rings. The van der Waals surface area contributed by atoms with Crippen molar-refractivity contribution in [1.82, 2.24) is 15.3 Å². The van der Waals surface area contributed by atoms with Gasteiger partial charge in [0, 0.05) is 11.8 Å². The molecule has 0 spiro atoms. The van der Waals surface area contributed by atoms with E-state index in [1.165, 1.54) is 18.3 Å². The summed E-state index contributed by atoms with van der Waals surface area (Å²) in [6.45, 7) is 0.106. The third-order valence-electron chi connectivity index (χ3n) is 4.00. The van der Waals surface area contributed by atoms with Crippen molar-refractivity contribution in [3.63, 3.8) is 0 Å². The van der Waals surface area contributed by atoms with Gasteiger partial charge in [0.25, 0.3) is 5.91 Å². The van der Waals surface area contributed by atoms with E-state index in [0.717, 1.165) is 0 Å². The number of benzene rings is 1. The number of amides is 2. The average Bonchev–Trinajstić information content (AvgIpc) is 2.64. The molecule has 27 heavy (non-hydrogen) atoms. The van der Waals surface area contributed by atoms with Crippen molar-refractivity contribution in [2.45, 2.75) is 25.0 Å². The molecule has 1 aromatic carbocycles. The zero-order valence-electron chi connectivity index (χ0n) is 14.0. The van der Waals surface area contributed by atoms with Gasteiger partial charge in [0.1, 0.15) is 11.9 Å². The van der Waals surface area contributed by atoms with E-state index in [4.69, 9.17) is 21.4 Å². The van der Waals surface area contributed by atoms with Crippen LogP contribution in [0, 0.1) is 5.82 Å². The molecule has 0 radical (unpaired) electrons. The molecule has 0 saturated carbocycles. The molecule has 1 saturated heterocycles. The van der Waals surface area contributed by atoms with Gasteiger partial charge >= 0.3 is 6.09 Å². The molecule has 1 aromatic heterocycles. The standard InChI is InChI=1S/C17H16ClFN4O4/c18-11-3-1-9(7-12(11)19)13-5-6-20-16(22-13)23-15(24)14-4-2-10(8-27-14)21-17(25)26/h1,3,5-7,10,14,21H,2,4,8H2,(H,25,26)(H,20,22,23,24)/t10-,14+/m1/s1. The third kappa shape index (κ3) is 4.89. The number of ether oxygens (including phenoxy) is 1. The number of nitrogens with one attached hydrogen (secondary N) is 2. The Bertz CT molecular complexity index is 859. The van der Waals surface area contributed by atoms with Crippen molar-refractivity contribution in [3.8, 4) is 11.3 Å². The van der Waals surface area contributed by atoms with Gasteiger partial charge in [0.05, 0.1) is 23.4 Å². The summed E-state index contributed by atoms with van der Waals surface area (Å²) in [5.41, 5.74) is 0.914. The largest absolute Gasteiger partial charge is 0.465 e. The van der Waals surface area contributed by atoms with E-state index in [1.807, 2.05) is 0 Å². The van der Waals surface area contributed by atoms with Crippen molar-refractivity contribution in [2.75, 3.05) is 11.9 Å². The quantitative estimate of drug-likeness (QED) is 0.734. The molecular weight excluding hydrogens is 379 g/mol. The monoisotopic (exact) mass is 394 g/mol. The Kier molecular flexibility index (Phi) is 5.82. The Morgan fingerprint density at radius 2 is 2.11 bits per heavy atom. The molecule has 1 aliphatic heterocycles. The third-order valence-corrected chi connectivity index (χ3v) is 4.31. The van der Waals surface area contributed by atoms with Gasteiger partial charge in [-0.1, -0.05) is 17.7 Å². The molecule has 2 heterocycles. The number of hydrogen-bond donors (Lipinski definition) is 3.